The highest BCUT2D eigenvalue weighted by Crippen LogP contribution is 2.60. The van der Waals surface area contributed by atoms with Gasteiger partial charge < -0.3 is 80.3 Å². The predicted molar refractivity (Wildman–Crippen MR) is 176 cm³/mol. The highest BCUT2D eigenvalue weighted by Gasteiger charge is 2.32. The summed E-state index contributed by atoms with van der Waals surface area (Å²) < 4.78 is 0. The number of benzene rings is 7. The zero-order valence-electron chi connectivity index (χ0n) is 21.1. The van der Waals surface area contributed by atoms with Crippen LogP contribution in [0.3, 0.4) is 0 Å². The molecule has 0 saturated carbocycles. The molecule has 202 valence electrons. The van der Waals surface area contributed by atoms with E-state index in [1.165, 1.54) is 0 Å². The van der Waals surface area contributed by atoms with E-state index in [1.54, 1.807) is 0 Å². The van der Waals surface area contributed by atoms with Crippen LogP contribution in [0.4, 0.5) is 79.6 Å². The maximum Gasteiger partial charge on any atom is 0.0795 e. The Morgan fingerprint density at radius 1 is 0.125 bits per heavy atom. The molecule has 0 bridgehead atoms. The Morgan fingerprint density at radius 3 is 0.450 bits per heavy atom. The van der Waals surface area contributed by atoms with Crippen molar-refractivity contribution < 1.29 is 0 Å². The molecule has 0 spiro atoms. The van der Waals surface area contributed by atoms with Gasteiger partial charge in [-0.2, -0.15) is 0 Å². The Balaban J connectivity index is 2.06. The third-order valence-electron chi connectivity index (χ3n) is 8.55. The Morgan fingerprint density at radius 2 is 0.250 bits per heavy atom. The lowest BCUT2D eigenvalue weighted by Crippen LogP contribution is -2.12. The summed E-state index contributed by atoms with van der Waals surface area (Å²) in [6, 6.07) is 0. The SMILES string of the molecule is Nc1c(N)c2c(N)c(N)c3c4c(N)c(N)c5c(N)c(N)c(N)c6c(N)c(N)c(c7c(N)c(N)c(c1N)c2c37)c4c56. The summed E-state index contributed by atoms with van der Waals surface area (Å²) in [5.41, 5.74) is 94.0. The van der Waals surface area contributed by atoms with Gasteiger partial charge in [-0.25, -0.2) is 0 Å². The molecule has 0 aliphatic rings. The molecule has 7 aromatic carbocycles. The first-order valence-corrected chi connectivity index (χ1v) is 12.0. The summed E-state index contributed by atoms with van der Waals surface area (Å²) >= 11 is 0. The minimum absolute atomic E-state index is 0.0980. The first-order valence-electron chi connectivity index (χ1n) is 12.0. The molecule has 0 amide bonds. The van der Waals surface area contributed by atoms with Crippen molar-refractivity contribution in [2.45, 2.75) is 0 Å². The van der Waals surface area contributed by atoms with E-state index in [0.29, 0.717) is 64.6 Å². The van der Waals surface area contributed by atoms with E-state index in [9.17, 15) is 0 Å². The Kier molecular flexibility index (Phi) is 3.70. The Bertz CT molecular complexity index is 2040. The molecule has 40 heavy (non-hydrogen) atoms. The van der Waals surface area contributed by atoms with Crippen LogP contribution >= 0.6 is 0 Å². The van der Waals surface area contributed by atoms with Crippen molar-refractivity contribution >= 4 is 144 Å². The van der Waals surface area contributed by atoms with Crippen LogP contribution in [0.15, 0.2) is 0 Å². The van der Waals surface area contributed by atoms with Crippen molar-refractivity contribution in [3.8, 4) is 0 Å². The zero-order chi connectivity index (χ0) is 29.0. The summed E-state index contributed by atoms with van der Waals surface area (Å²) in [7, 11) is 0. The molecular weight excluding hydrogens is 508 g/mol. The third kappa shape index (κ3) is 2.04. The van der Waals surface area contributed by atoms with Crippen LogP contribution in [0, 0.1) is 0 Å². The van der Waals surface area contributed by atoms with Gasteiger partial charge in [-0.1, -0.05) is 0 Å². The van der Waals surface area contributed by atoms with Crippen molar-refractivity contribution in [2.24, 2.45) is 0 Å². The van der Waals surface area contributed by atoms with Crippen molar-refractivity contribution in [3.05, 3.63) is 0 Å². The van der Waals surface area contributed by atoms with Gasteiger partial charge in [0.05, 0.1) is 79.6 Å². The number of rotatable bonds is 0. The number of hydrogen-bond donors (Lipinski definition) is 14. The van der Waals surface area contributed by atoms with Gasteiger partial charge in [-0.3, -0.25) is 0 Å². The molecule has 0 aliphatic carbocycles. The predicted octanol–water partition coefficient (Wildman–Crippen LogP) is 1.63. The van der Waals surface area contributed by atoms with Gasteiger partial charge in [0.1, 0.15) is 0 Å². The van der Waals surface area contributed by atoms with Crippen LogP contribution in [0.5, 0.6) is 0 Å². The quantitative estimate of drug-likeness (QED) is 0.0743. The molecule has 14 heteroatoms. The number of hydrogen-bond acceptors (Lipinski definition) is 14. The maximum absolute atomic E-state index is 6.77. The summed E-state index contributed by atoms with van der Waals surface area (Å²) in [6.07, 6.45) is 0. The fourth-order valence-corrected chi connectivity index (χ4v) is 6.64. The maximum atomic E-state index is 6.77. The van der Waals surface area contributed by atoms with E-state index in [2.05, 4.69) is 0 Å². The van der Waals surface area contributed by atoms with Gasteiger partial charge in [0.2, 0.25) is 0 Å². The molecule has 7 rings (SSSR count). The molecule has 0 aliphatic heterocycles. The van der Waals surface area contributed by atoms with Crippen molar-refractivity contribution in [2.75, 3.05) is 80.3 Å². The van der Waals surface area contributed by atoms with Gasteiger partial charge in [-0.15, -0.1) is 0 Å². The second kappa shape index (κ2) is 6.44. The molecule has 28 N–H and O–H groups in total. The highest BCUT2D eigenvalue weighted by molar-refractivity contribution is 6.53. The van der Waals surface area contributed by atoms with E-state index in [4.69, 9.17) is 80.3 Å². The molecule has 0 saturated heterocycles. The molecule has 7 aromatic rings. The average Bonchev–Trinajstić information content (AvgIpc) is 2.92. The summed E-state index contributed by atoms with van der Waals surface area (Å²) in [5.74, 6) is 0. The first kappa shape index (κ1) is 23.0. The van der Waals surface area contributed by atoms with E-state index < -0.39 is 0 Å². The smallest absolute Gasteiger partial charge is 0.0795 e. The number of nitrogen functional groups attached to an aromatic ring is 14. The van der Waals surface area contributed by atoms with Crippen LogP contribution in [-0.4, -0.2) is 0 Å². The Hall–Kier alpha value is -6.18. The monoisotopic (exact) mass is 536 g/mol. The van der Waals surface area contributed by atoms with Gasteiger partial charge in [0, 0.05) is 64.6 Å². The van der Waals surface area contributed by atoms with Gasteiger partial charge in [0.25, 0.3) is 0 Å². The average molecular weight is 537 g/mol. The fourth-order valence-electron chi connectivity index (χ4n) is 6.64. The summed E-state index contributed by atoms with van der Waals surface area (Å²) in [5, 5.41) is 5.29. The van der Waals surface area contributed by atoms with E-state index >= 15 is 0 Å². The first-order chi connectivity index (χ1) is 18.7. The standard InChI is InChI=1S/C26H28N14/c27-13-5-1-3-9(17(13)31)21(35)25(39)22(36)10(3)18(32)14(28)6(1)8-2-4-11(19(33)15(29)7(2)5)23(37)26(40)24(38)12(4)20(34)16(8)30/h27-40H2. The second-order valence-electron chi connectivity index (χ2n) is 10.3. The minimum Gasteiger partial charge on any atom is -0.397 e. The van der Waals surface area contributed by atoms with Crippen LogP contribution in [0.25, 0.3) is 64.6 Å². The van der Waals surface area contributed by atoms with E-state index in [-0.39, 0.29) is 79.6 Å². The zero-order valence-corrected chi connectivity index (χ0v) is 21.1. The summed E-state index contributed by atoms with van der Waals surface area (Å²) in [6.45, 7) is 0. The number of fused-ring (bicyclic) bond motifs is 2. The molecule has 0 unspecified atom stereocenters. The normalized spacial score (nSPS) is 12.4. The van der Waals surface area contributed by atoms with Crippen LogP contribution in [0.2, 0.25) is 0 Å². The van der Waals surface area contributed by atoms with E-state index in [1.807, 2.05) is 0 Å². The number of anilines is 14. The van der Waals surface area contributed by atoms with Crippen molar-refractivity contribution in [3.63, 3.8) is 0 Å². The lowest BCUT2D eigenvalue weighted by Gasteiger charge is -2.28. The lowest BCUT2D eigenvalue weighted by molar-refractivity contribution is 1.69. The summed E-state index contributed by atoms with van der Waals surface area (Å²) in [4.78, 5) is 0. The third-order valence-corrected chi connectivity index (χ3v) is 8.55. The van der Waals surface area contributed by atoms with Crippen LogP contribution < -0.4 is 80.3 Å². The van der Waals surface area contributed by atoms with Gasteiger partial charge >= 0.3 is 0 Å². The fraction of sp³-hybridized carbons (Fsp3) is 0. The van der Waals surface area contributed by atoms with Crippen molar-refractivity contribution in [1.29, 1.82) is 0 Å². The minimum atomic E-state index is 0.0980. The second-order valence-corrected chi connectivity index (χ2v) is 10.3. The molecule has 0 heterocycles. The van der Waals surface area contributed by atoms with Crippen LogP contribution in [0.1, 0.15) is 0 Å². The largest absolute Gasteiger partial charge is 0.397 e. The highest BCUT2D eigenvalue weighted by atomic mass is 14.8. The topological polar surface area (TPSA) is 364 Å². The Labute approximate surface area is 224 Å². The van der Waals surface area contributed by atoms with Crippen molar-refractivity contribution in [1.82, 2.24) is 0 Å². The van der Waals surface area contributed by atoms with E-state index in [0.717, 1.165) is 0 Å². The molecule has 0 fully saturated rings. The lowest BCUT2D eigenvalue weighted by atomic mass is 9.80. The van der Waals surface area contributed by atoms with Gasteiger partial charge in [-0.05, 0) is 0 Å². The molecule has 0 aromatic heterocycles. The molecule has 14 nitrogen and oxygen atoms in total. The van der Waals surface area contributed by atoms with Crippen LogP contribution in [-0.2, 0) is 0 Å². The molecule has 0 atom stereocenters. The molecule has 0 radical (unpaired) electrons. The number of nitrogens with two attached hydrogens (primary N) is 14. The van der Waals surface area contributed by atoms with Gasteiger partial charge in [0.15, 0.2) is 0 Å². The molecular formula is C26H28N14.